The predicted molar refractivity (Wildman–Crippen MR) is 66.4 cm³/mol. The van der Waals surface area contributed by atoms with Gasteiger partial charge in [0.2, 0.25) is 0 Å². The number of ether oxygens (including phenoxy) is 1. The lowest BCUT2D eigenvalue weighted by molar-refractivity contribution is -0.0217. The van der Waals surface area contributed by atoms with Crippen molar-refractivity contribution in [3.63, 3.8) is 0 Å². The lowest BCUT2D eigenvalue weighted by Crippen LogP contribution is -2.44. The van der Waals surface area contributed by atoms with E-state index in [0.717, 1.165) is 19.1 Å². The summed E-state index contributed by atoms with van der Waals surface area (Å²) in [5.41, 5.74) is 0. The molecule has 0 saturated carbocycles. The maximum absolute atomic E-state index is 5.75. The van der Waals surface area contributed by atoms with E-state index in [2.05, 4.69) is 24.1 Å². The Morgan fingerprint density at radius 1 is 1.38 bits per heavy atom. The van der Waals surface area contributed by atoms with Crippen LogP contribution in [0.3, 0.4) is 0 Å². The lowest BCUT2D eigenvalue weighted by Gasteiger charge is -2.37. The Balaban J connectivity index is 1.75. The molecular formula is C13H26N2O. The number of piperidine rings is 1. The van der Waals surface area contributed by atoms with E-state index in [0.29, 0.717) is 12.3 Å². The van der Waals surface area contributed by atoms with Gasteiger partial charge in [-0.15, -0.1) is 0 Å². The fraction of sp³-hybridized carbons (Fsp3) is 1.00. The van der Waals surface area contributed by atoms with Crippen molar-refractivity contribution in [1.82, 2.24) is 10.2 Å². The molecule has 0 spiro atoms. The molecule has 2 aliphatic heterocycles. The molecule has 0 aromatic rings. The lowest BCUT2D eigenvalue weighted by atomic mass is 9.93. The highest BCUT2D eigenvalue weighted by Gasteiger charge is 2.25. The summed E-state index contributed by atoms with van der Waals surface area (Å²) in [5.74, 6) is 0.826. The molecule has 2 unspecified atom stereocenters. The Bertz CT molecular complexity index is 202. The van der Waals surface area contributed by atoms with E-state index in [4.69, 9.17) is 4.74 Å². The SMILES string of the molecule is CC(C)N1CCCC(CC2NCCCO2)C1. The van der Waals surface area contributed by atoms with Crippen LogP contribution in [-0.2, 0) is 4.74 Å². The van der Waals surface area contributed by atoms with Crippen LogP contribution in [0.5, 0.6) is 0 Å². The summed E-state index contributed by atoms with van der Waals surface area (Å²) in [5, 5.41) is 3.47. The van der Waals surface area contributed by atoms with Crippen molar-refractivity contribution >= 4 is 0 Å². The molecule has 1 N–H and O–H groups in total. The van der Waals surface area contributed by atoms with E-state index in [1.807, 2.05) is 0 Å². The van der Waals surface area contributed by atoms with Crippen LogP contribution in [-0.4, -0.2) is 43.4 Å². The summed E-state index contributed by atoms with van der Waals surface area (Å²) in [4.78, 5) is 2.61. The Hall–Kier alpha value is -0.120. The highest BCUT2D eigenvalue weighted by molar-refractivity contribution is 4.77. The molecule has 2 saturated heterocycles. The highest BCUT2D eigenvalue weighted by atomic mass is 16.5. The number of likely N-dealkylation sites (tertiary alicyclic amines) is 1. The Morgan fingerprint density at radius 3 is 2.94 bits per heavy atom. The Morgan fingerprint density at radius 2 is 2.25 bits per heavy atom. The largest absolute Gasteiger partial charge is 0.363 e. The van der Waals surface area contributed by atoms with Crippen molar-refractivity contribution in [1.29, 1.82) is 0 Å². The number of hydrogen-bond acceptors (Lipinski definition) is 3. The molecule has 16 heavy (non-hydrogen) atoms. The van der Waals surface area contributed by atoms with Gasteiger partial charge in [-0.05, 0) is 58.5 Å². The van der Waals surface area contributed by atoms with Crippen LogP contribution < -0.4 is 5.32 Å². The minimum atomic E-state index is 0.325. The van der Waals surface area contributed by atoms with Gasteiger partial charge in [0.15, 0.2) is 0 Å². The third-order valence-corrected chi connectivity index (χ3v) is 3.84. The minimum Gasteiger partial charge on any atom is -0.363 e. The molecule has 94 valence electrons. The highest BCUT2D eigenvalue weighted by Crippen LogP contribution is 2.23. The van der Waals surface area contributed by atoms with Crippen LogP contribution in [0, 0.1) is 5.92 Å². The van der Waals surface area contributed by atoms with Gasteiger partial charge in [0, 0.05) is 19.2 Å². The van der Waals surface area contributed by atoms with Crippen molar-refractivity contribution in [2.75, 3.05) is 26.2 Å². The third kappa shape index (κ3) is 3.44. The van der Waals surface area contributed by atoms with E-state index < -0.39 is 0 Å². The summed E-state index contributed by atoms with van der Waals surface area (Å²) in [6, 6.07) is 0.697. The zero-order valence-corrected chi connectivity index (χ0v) is 10.7. The second kappa shape index (κ2) is 5.99. The molecule has 3 heteroatoms. The summed E-state index contributed by atoms with van der Waals surface area (Å²) in [6.45, 7) is 9.23. The van der Waals surface area contributed by atoms with Gasteiger partial charge in [-0.3, -0.25) is 5.32 Å². The minimum absolute atomic E-state index is 0.325. The second-order valence-electron chi connectivity index (χ2n) is 5.50. The molecule has 0 amide bonds. The van der Waals surface area contributed by atoms with E-state index in [9.17, 15) is 0 Å². The molecule has 2 rings (SSSR count). The Kier molecular flexibility index (Phi) is 4.62. The first kappa shape index (κ1) is 12.3. The first-order chi connectivity index (χ1) is 7.75. The Labute approximate surface area is 99.5 Å². The van der Waals surface area contributed by atoms with Crippen molar-refractivity contribution in [3.05, 3.63) is 0 Å². The van der Waals surface area contributed by atoms with E-state index in [-0.39, 0.29) is 0 Å². The zero-order valence-electron chi connectivity index (χ0n) is 10.7. The second-order valence-corrected chi connectivity index (χ2v) is 5.50. The topological polar surface area (TPSA) is 24.5 Å². The normalized spacial score (nSPS) is 33.2. The molecule has 0 aromatic heterocycles. The molecule has 0 aliphatic carbocycles. The number of nitrogens with zero attached hydrogens (tertiary/aromatic N) is 1. The van der Waals surface area contributed by atoms with Crippen molar-refractivity contribution in [2.45, 2.75) is 51.8 Å². The molecule has 0 radical (unpaired) electrons. The summed E-state index contributed by atoms with van der Waals surface area (Å²) in [6.07, 6.45) is 5.42. The van der Waals surface area contributed by atoms with Gasteiger partial charge in [-0.1, -0.05) is 0 Å². The van der Waals surface area contributed by atoms with Crippen LogP contribution in [0.25, 0.3) is 0 Å². The first-order valence-corrected chi connectivity index (χ1v) is 6.84. The predicted octanol–water partition coefficient (Wildman–Crippen LogP) is 1.83. The van der Waals surface area contributed by atoms with Gasteiger partial charge >= 0.3 is 0 Å². The van der Waals surface area contributed by atoms with Crippen molar-refractivity contribution < 1.29 is 4.74 Å². The van der Waals surface area contributed by atoms with Crippen molar-refractivity contribution in [2.24, 2.45) is 5.92 Å². The third-order valence-electron chi connectivity index (χ3n) is 3.84. The van der Waals surface area contributed by atoms with Crippen LogP contribution in [0.1, 0.15) is 39.5 Å². The van der Waals surface area contributed by atoms with Gasteiger partial charge < -0.3 is 9.64 Å². The standard InChI is InChI=1S/C13H26N2O/c1-11(2)15-7-3-5-12(10-15)9-13-14-6-4-8-16-13/h11-14H,3-10H2,1-2H3. The monoisotopic (exact) mass is 226 g/mol. The van der Waals surface area contributed by atoms with Gasteiger partial charge in [0.25, 0.3) is 0 Å². The van der Waals surface area contributed by atoms with Gasteiger partial charge in [0.05, 0.1) is 0 Å². The molecule has 0 aromatic carbocycles. The van der Waals surface area contributed by atoms with Crippen LogP contribution >= 0.6 is 0 Å². The van der Waals surface area contributed by atoms with Gasteiger partial charge in [0.1, 0.15) is 6.23 Å². The van der Waals surface area contributed by atoms with Crippen LogP contribution in [0.15, 0.2) is 0 Å². The maximum atomic E-state index is 5.75. The smallest absolute Gasteiger partial charge is 0.108 e. The summed E-state index contributed by atoms with van der Waals surface area (Å²) < 4.78 is 5.75. The van der Waals surface area contributed by atoms with E-state index in [1.165, 1.54) is 38.8 Å². The number of rotatable bonds is 3. The molecule has 3 nitrogen and oxygen atoms in total. The van der Waals surface area contributed by atoms with E-state index >= 15 is 0 Å². The average molecular weight is 226 g/mol. The summed E-state index contributed by atoms with van der Waals surface area (Å²) in [7, 11) is 0. The zero-order chi connectivity index (χ0) is 11.4. The van der Waals surface area contributed by atoms with Crippen LogP contribution in [0.2, 0.25) is 0 Å². The fourth-order valence-electron chi connectivity index (χ4n) is 2.83. The first-order valence-electron chi connectivity index (χ1n) is 6.84. The molecule has 2 atom stereocenters. The van der Waals surface area contributed by atoms with E-state index in [1.54, 1.807) is 0 Å². The number of hydrogen-bond donors (Lipinski definition) is 1. The quantitative estimate of drug-likeness (QED) is 0.794. The fourth-order valence-corrected chi connectivity index (χ4v) is 2.83. The molecule has 2 aliphatic rings. The van der Waals surface area contributed by atoms with Crippen LogP contribution in [0.4, 0.5) is 0 Å². The average Bonchev–Trinajstić information content (AvgIpc) is 2.30. The molecule has 2 fully saturated rings. The van der Waals surface area contributed by atoms with Gasteiger partial charge in [-0.25, -0.2) is 0 Å². The van der Waals surface area contributed by atoms with Gasteiger partial charge in [-0.2, -0.15) is 0 Å². The molecule has 0 bridgehead atoms. The van der Waals surface area contributed by atoms with Crippen molar-refractivity contribution in [3.8, 4) is 0 Å². The summed E-state index contributed by atoms with van der Waals surface area (Å²) >= 11 is 0. The molecule has 2 heterocycles. The maximum Gasteiger partial charge on any atom is 0.108 e. The molecular weight excluding hydrogens is 200 g/mol. The number of nitrogens with one attached hydrogen (secondary N) is 1.